The van der Waals surface area contributed by atoms with Gasteiger partial charge in [-0.2, -0.15) is 0 Å². The molecule has 0 saturated carbocycles. The third-order valence-electron chi connectivity index (χ3n) is 3.11. The summed E-state index contributed by atoms with van der Waals surface area (Å²) in [5, 5.41) is 0.594. The van der Waals surface area contributed by atoms with Gasteiger partial charge in [-0.15, -0.1) is 0 Å². The molecule has 0 saturated heterocycles. The molecule has 5 heteroatoms. The number of anilines is 1. The smallest absolute Gasteiger partial charge is 0.253 e. The van der Waals surface area contributed by atoms with Crippen LogP contribution in [-0.2, 0) is 0 Å². The van der Waals surface area contributed by atoms with Gasteiger partial charge in [-0.25, -0.2) is 0 Å². The summed E-state index contributed by atoms with van der Waals surface area (Å²) >= 11 is 11.8. The molecular formula is C13H18Cl2N2O. The van der Waals surface area contributed by atoms with Crippen LogP contribution in [0.5, 0.6) is 0 Å². The van der Waals surface area contributed by atoms with Gasteiger partial charge in [0.1, 0.15) is 0 Å². The number of halogens is 2. The van der Waals surface area contributed by atoms with Crippen LogP contribution in [0, 0.1) is 0 Å². The zero-order chi connectivity index (χ0) is 13.9. The SMILES string of the molecule is CCC(CC)N(C)C(=O)c1cc(N)c(Cl)c(Cl)c1. The third kappa shape index (κ3) is 3.09. The van der Waals surface area contributed by atoms with Crippen LogP contribution in [0.3, 0.4) is 0 Å². The van der Waals surface area contributed by atoms with Gasteiger partial charge in [-0.05, 0) is 25.0 Å². The van der Waals surface area contributed by atoms with Crippen LogP contribution in [0.1, 0.15) is 37.0 Å². The predicted octanol–water partition coefficient (Wildman–Crippen LogP) is 3.84. The highest BCUT2D eigenvalue weighted by Crippen LogP contribution is 2.30. The first kappa shape index (κ1) is 15.1. The van der Waals surface area contributed by atoms with Gasteiger partial charge in [0.25, 0.3) is 5.91 Å². The first-order valence-corrected chi connectivity index (χ1v) is 6.69. The molecular weight excluding hydrogens is 271 g/mol. The van der Waals surface area contributed by atoms with Crippen molar-refractivity contribution in [3.05, 3.63) is 27.7 Å². The van der Waals surface area contributed by atoms with Crippen molar-refractivity contribution in [1.29, 1.82) is 0 Å². The highest BCUT2D eigenvalue weighted by Gasteiger charge is 2.19. The quantitative estimate of drug-likeness (QED) is 0.856. The summed E-state index contributed by atoms with van der Waals surface area (Å²) in [6, 6.07) is 3.34. The van der Waals surface area contributed by atoms with Crippen LogP contribution < -0.4 is 5.73 Å². The molecule has 1 amide bonds. The summed E-state index contributed by atoms with van der Waals surface area (Å²) in [5.41, 5.74) is 6.51. The Hall–Kier alpha value is -0.930. The van der Waals surface area contributed by atoms with Crippen molar-refractivity contribution in [3.8, 4) is 0 Å². The number of hydrogen-bond acceptors (Lipinski definition) is 2. The van der Waals surface area contributed by atoms with Crippen molar-refractivity contribution in [1.82, 2.24) is 4.90 Å². The van der Waals surface area contributed by atoms with Crippen LogP contribution in [0.2, 0.25) is 10.0 Å². The minimum absolute atomic E-state index is 0.0889. The van der Waals surface area contributed by atoms with Crippen LogP contribution in [0.15, 0.2) is 12.1 Å². The Morgan fingerprint density at radius 2 is 1.89 bits per heavy atom. The second-order valence-electron chi connectivity index (χ2n) is 4.25. The van der Waals surface area contributed by atoms with E-state index in [0.29, 0.717) is 21.3 Å². The zero-order valence-corrected chi connectivity index (χ0v) is 12.3. The fraction of sp³-hybridized carbons (Fsp3) is 0.462. The van der Waals surface area contributed by atoms with Crippen molar-refractivity contribution in [3.63, 3.8) is 0 Å². The Bertz CT molecular complexity index is 422. The maximum atomic E-state index is 12.3. The third-order valence-corrected chi connectivity index (χ3v) is 3.93. The van der Waals surface area contributed by atoms with Gasteiger partial charge >= 0.3 is 0 Å². The number of nitrogen functional groups attached to an aromatic ring is 1. The zero-order valence-electron chi connectivity index (χ0n) is 10.8. The molecule has 0 aliphatic rings. The normalized spacial score (nSPS) is 10.8. The summed E-state index contributed by atoms with van der Waals surface area (Å²) in [4.78, 5) is 14.0. The molecule has 0 unspecified atom stereocenters. The van der Waals surface area contributed by atoms with Crippen molar-refractivity contribution in [2.45, 2.75) is 32.7 Å². The molecule has 0 aromatic heterocycles. The number of nitrogens with two attached hydrogens (primary N) is 1. The molecule has 1 rings (SSSR count). The lowest BCUT2D eigenvalue weighted by Gasteiger charge is -2.26. The molecule has 3 nitrogen and oxygen atoms in total. The van der Waals surface area contributed by atoms with Gasteiger partial charge in [0.2, 0.25) is 0 Å². The van der Waals surface area contributed by atoms with Crippen LogP contribution in [0.25, 0.3) is 0 Å². The van der Waals surface area contributed by atoms with E-state index in [1.54, 1.807) is 24.1 Å². The Kier molecular flexibility index (Phi) is 5.29. The van der Waals surface area contributed by atoms with E-state index >= 15 is 0 Å². The molecule has 1 aromatic rings. The fourth-order valence-corrected chi connectivity index (χ4v) is 2.28. The van der Waals surface area contributed by atoms with Gasteiger partial charge in [-0.3, -0.25) is 4.79 Å². The number of hydrogen-bond donors (Lipinski definition) is 1. The largest absolute Gasteiger partial charge is 0.397 e. The monoisotopic (exact) mass is 288 g/mol. The first-order chi connectivity index (χ1) is 8.42. The first-order valence-electron chi connectivity index (χ1n) is 5.94. The van der Waals surface area contributed by atoms with E-state index < -0.39 is 0 Å². The number of amides is 1. The Labute approximate surface area is 118 Å². The number of nitrogens with zero attached hydrogens (tertiary/aromatic N) is 1. The van der Waals surface area contributed by atoms with Gasteiger partial charge in [0, 0.05) is 18.7 Å². The molecule has 0 spiro atoms. The summed E-state index contributed by atoms with van der Waals surface area (Å²) in [6.07, 6.45) is 1.82. The highest BCUT2D eigenvalue weighted by atomic mass is 35.5. The summed E-state index contributed by atoms with van der Waals surface area (Å²) < 4.78 is 0. The second-order valence-corrected chi connectivity index (χ2v) is 5.03. The van der Waals surface area contributed by atoms with E-state index in [0.717, 1.165) is 12.8 Å². The molecule has 0 radical (unpaired) electrons. The average Bonchev–Trinajstić information content (AvgIpc) is 2.35. The Morgan fingerprint density at radius 3 is 2.33 bits per heavy atom. The Balaban J connectivity index is 3.04. The minimum atomic E-state index is -0.0889. The topological polar surface area (TPSA) is 46.3 Å². The number of carbonyl (C=O) groups excluding carboxylic acids is 1. The number of benzene rings is 1. The summed E-state index contributed by atoms with van der Waals surface area (Å²) in [6.45, 7) is 4.11. The molecule has 100 valence electrons. The van der Waals surface area contributed by atoms with Crippen molar-refractivity contribution in [2.24, 2.45) is 0 Å². The van der Waals surface area contributed by atoms with Crippen LogP contribution in [0.4, 0.5) is 5.69 Å². The lowest BCUT2D eigenvalue weighted by atomic mass is 10.1. The van der Waals surface area contributed by atoms with Crippen molar-refractivity contribution < 1.29 is 4.79 Å². The van der Waals surface area contributed by atoms with E-state index in [1.807, 2.05) is 0 Å². The highest BCUT2D eigenvalue weighted by molar-refractivity contribution is 6.43. The van der Waals surface area contributed by atoms with Crippen LogP contribution in [-0.4, -0.2) is 23.9 Å². The lowest BCUT2D eigenvalue weighted by Crippen LogP contribution is -2.36. The Morgan fingerprint density at radius 1 is 1.33 bits per heavy atom. The second kappa shape index (κ2) is 6.30. The molecule has 0 heterocycles. The molecule has 2 N–H and O–H groups in total. The lowest BCUT2D eigenvalue weighted by molar-refractivity contribution is 0.0724. The maximum Gasteiger partial charge on any atom is 0.253 e. The van der Waals surface area contributed by atoms with Crippen molar-refractivity contribution in [2.75, 3.05) is 12.8 Å². The summed E-state index contributed by atoms with van der Waals surface area (Å²) in [5.74, 6) is -0.0889. The van der Waals surface area contributed by atoms with Crippen LogP contribution >= 0.6 is 23.2 Å². The molecule has 18 heavy (non-hydrogen) atoms. The standard InChI is InChI=1S/C13H18Cl2N2O/c1-4-9(5-2)17(3)13(18)8-6-10(14)12(15)11(16)7-8/h6-7,9H,4-5,16H2,1-3H3. The van der Waals surface area contributed by atoms with Gasteiger partial charge < -0.3 is 10.6 Å². The maximum absolute atomic E-state index is 12.3. The molecule has 0 atom stereocenters. The van der Waals surface area contributed by atoms with E-state index in [9.17, 15) is 4.79 Å². The number of carbonyl (C=O) groups is 1. The van der Waals surface area contributed by atoms with E-state index in [-0.39, 0.29) is 11.9 Å². The fourth-order valence-electron chi connectivity index (χ4n) is 1.94. The average molecular weight is 289 g/mol. The van der Waals surface area contributed by atoms with Gasteiger partial charge in [0.05, 0.1) is 15.7 Å². The molecule has 0 bridgehead atoms. The van der Waals surface area contributed by atoms with E-state index in [2.05, 4.69) is 13.8 Å². The molecule has 0 aliphatic heterocycles. The van der Waals surface area contributed by atoms with Gasteiger partial charge in [-0.1, -0.05) is 37.0 Å². The van der Waals surface area contributed by atoms with Crippen molar-refractivity contribution >= 4 is 34.8 Å². The predicted molar refractivity (Wildman–Crippen MR) is 77.3 cm³/mol. The molecule has 0 fully saturated rings. The molecule has 0 aliphatic carbocycles. The van der Waals surface area contributed by atoms with E-state index in [1.165, 1.54) is 0 Å². The van der Waals surface area contributed by atoms with Gasteiger partial charge in [0.15, 0.2) is 0 Å². The minimum Gasteiger partial charge on any atom is -0.397 e. The van der Waals surface area contributed by atoms with E-state index in [4.69, 9.17) is 28.9 Å². The molecule has 1 aromatic carbocycles. The number of rotatable bonds is 4. The summed E-state index contributed by atoms with van der Waals surface area (Å²) in [7, 11) is 1.79.